The number of carbonyl (C=O) groups is 3. The molecular weight excluding hydrogens is 497 g/mol. The zero-order valence-electron chi connectivity index (χ0n) is 17.0. The number of primary amides is 1. The Morgan fingerprint density at radius 3 is 2.17 bits per heavy atom. The van der Waals surface area contributed by atoms with E-state index in [0.717, 1.165) is 19.6 Å². The second-order valence-corrected chi connectivity index (χ2v) is 7.66. The van der Waals surface area contributed by atoms with Gasteiger partial charge >= 0.3 is 6.03 Å². The third-order valence-corrected chi connectivity index (χ3v) is 5.44. The zero-order valence-corrected chi connectivity index (χ0v) is 19.2. The first-order valence-electron chi connectivity index (χ1n) is 9.62. The van der Waals surface area contributed by atoms with Gasteiger partial charge in [-0.25, -0.2) is 4.79 Å². The van der Waals surface area contributed by atoms with Gasteiger partial charge in [0.15, 0.2) is 0 Å². The van der Waals surface area contributed by atoms with E-state index in [-0.39, 0.29) is 5.91 Å². The predicted molar refractivity (Wildman–Crippen MR) is 127 cm³/mol. The number of hydrogen-bond acceptors (Lipinski definition) is 4. The third kappa shape index (κ3) is 6.99. The van der Waals surface area contributed by atoms with E-state index in [1.807, 2.05) is 22.6 Å². The molecule has 0 bridgehead atoms. The molecule has 2 rings (SSSR count). The fourth-order valence-corrected chi connectivity index (χ4v) is 3.36. The van der Waals surface area contributed by atoms with Crippen molar-refractivity contribution in [3.05, 3.63) is 57.2 Å². The molecule has 0 aliphatic heterocycles. The number of hydrogen-bond donors (Lipinski definition) is 4. The van der Waals surface area contributed by atoms with Crippen LogP contribution in [-0.4, -0.2) is 48.9 Å². The van der Waals surface area contributed by atoms with E-state index in [9.17, 15) is 14.4 Å². The first-order valence-corrected chi connectivity index (χ1v) is 10.7. The van der Waals surface area contributed by atoms with Gasteiger partial charge in [-0.2, -0.15) is 0 Å². The molecule has 8 nitrogen and oxygen atoms in total. The molecule has 0 aromatic heterocycles. The van der Waals surface area contributed by atoms with Crippen molar-refractivity contribution >= 4 is 51.8 Å². The Balaban J connectivity index is 1.89. The highest BCUT2D eigenvalue weighted by Gasteiger charge is 2.10. The van der Waals surface area contributed by atoms with Crippen LogP contribution in [0.1, 0.15) is 34.6 Å². The first kappa shape index (κ1) is 23.6. The van der Waals surface area contributed by atoms with Gasteiger partial charge in [-0.1, -0.05) is 13.8 Å². The quantitative estimate of drug-likeness (QED) is 0.378. The number of carbonyl (C=O) groups excluding carboxylic acids is 3. The molecule has 0 unspecified atom stereocenters. The Morgan fingerprint density at radius 2 is 1.57 bits per heavy atom. The van der Waals surface area contributed by atoms with Crippen LogP contribution in [0.3, 0.4) is 0 Å². The van der Waals surface area contributed by atoms with Gasteiger partial charge in [-0.3, -0.25) is 9.59 Å². The van der Waals surface area contributed by atoms with Gasteiger partial charge in [-0.15, -0.1) is 0 Å². The smallest absolute Gasteiger partial charge is 0.323 e. The molecule has 0 aliphatic carbocycles. The number of nitrogens with two attached hydrogens (primary N) is 1. The number of nitrogens with one attached hydrogen (secondary N) is 3. The van der Waals surface area contributed by atoms with Gasteiger partial charge in [0.1, 0.15) is 0 Å². The lowest BCUT2D eigenvalue weighted by atomic mass is 10.2. The largest absolute Gasteiger partial charge is 0.366 e. The highest BCUT2D eigenvalue weighted by molar-refractivity contribution is 14.1. The molecule has 160 valence electrons. The van der Waals surface area contributed by atoms with Crippen molar-refractivity contribution in [3.8, 4) is 0 Å². The molecule has 0 radical (unpaired) electrons. The minimum Gasteiger partial charge on any atom is -0.366 e. The van der Waals surface area contributed by atoms with Gasteiger partial charge in [-0.05, 0) is 78.1 Å². The Morgan fingerprint density at radius 1 is 0.967 bits per heavy atom. The highest BCUT2D eigenvalue weighted by Crippen LogP contribution is 2.18. The maximum absolute atomic E-state index is 12.2. The number of anilines is 2. The molecule has 4 amide bonds. The monoisotopic (exact) mass is 523 g/mol. The lowest BCUT2D eigenvalue weighted by Gasteiger charge is -2.18. The van der Waals surface area contributed by atoms with Crippen molar-refractivity contribution in [2.45, 2.75) is 13.8 Å². The van der Waals surface area contributed by atoms with E-state index in [1.165, 1.54) is 6.07 Å². The van der Waals surface area contributed by atoms with Gasteiger partial charge in [0.05, 0.1) is 5.56 Å². The second kappa shape index (κ2) is 11.5. The lowest BCUT2D eigenvalue weighted by Crippen LogP contribution is -2.34. The highest BCUT2D eigenvalue weighted by atomic mass is 127. The summed E-state index contributed by atoms with van der Waals surface area (Å²) in [5, 5.41) is 8.23. The SMILES string of the molecule is CCN(CC)CCNC(=O)c1ccc(NC(=O)Nc2ccc(I)c(C(N)=O)c2)cc1. The zero-order chi connectivity index (χ0) is 22.1. The van der Waals surface area contributed by atoms with Crippen LogP contribution >= 0.6 is 22.6 Å². The molecule has 0 fully saturated rings. The molecule has 2 aromatic carbocycles. The van der Waals surface area contributed by atoms with Crippen LogP contribution in [-0.2, 0) is 0 Å². The minimum atomic E-state index is -0.561. The number of rotatable bonds is 9. The van der Waals surface area contributed by atoms with Gasteiger partial charge in [0.25, 0.3) is 5.91 Å². The van der Waals surface area contributed by atoms with Crippen LogP contribution in [0.4, 0.5) is 16.2 Å². The van der Waals surface area contributed by atoms with Crippen LogP contribution < -0.4 is 21.7 Å². The van der Waals surface area contributed by atoms with E-state index in [1.54, 1.807) is 36.4 Å². The van der Waals surface area contributed by atoms with Gasteiger partial charge < -0.3 is 26.6 Å². The van der Waals surface area contributed by atoms with E-state index in [2.05, 4.69) is 34.7 Å². The fourth-order valence-electron chi connectivity index (χ4n) is 2.76. The third-order valence-electron chi connectivity index (χ3n) is 4.50. The summed E-state index contributed by atoms with van der Waals surface area (Å²) in [6, 6.07) is 11.0. The molecule has 0 atom stereocenters. The van der Waals surface area contributed by atoms with Crippen LogP contribution in [0.15, 0.2) is 42.5 Å². The molecule has 0 saturated carbocycles. The summed E-state index contributed by atoms with van der Waals surface area (Å²) in [5.74, 6) is -0.717. The summed E-state index contributed by atoms with van der Waals surface area (Å²) >= 11 is 2.00. The molecule has 0 heterocycles. The summed E-state index contributed by atoms with van der Waals surface area (Å²) in [6.07, 6.45) is 0. The Bertz CT molecular complexity index is 898. The van der Waals surface area contributed by atoms with E-state index < -0.39 is 11.9 Å². The Labute approximate surface area is 189 Å². The molecule has 0 saturated heterocycles. The van der Waals surface area contributed by atoms with Crippen LogP contribution in [0.25, 0.3) is 0 Å². The summed E-state index contributed by atoms with van der Waals surface area (Å²) < 4.78 is 0.706. The maximum atomic E-state index is 12.2. The summed E-state index contributed by atoms with van der Waals surface area (Å²) in [7, 11) is 0. The van der Waals surface area contributed by atoms with Crippen LogP contribution in [0.5, 0.6) is 0 Å². The molecule has 0 spiro atoms. The number of halogens is 1. The number of likely N-dealkylation sites (N-methyl/N-ethyl adjacent to an activating group) is 1. The van der Waals surface area contributed by atoms with Gasteiger partial charge in [0.2, 0.25) is 5.91 Å². The van der Waals surface area contributed by atoms with E-state index >= 15 is 0 Å². The van der Waals surface area contributed by atoms with E-state index in [0.29, 0.717) is 32.6 Å². The standard InChI is InChI=1S/C21H26IN5O3/c1-3-27(4-2)12-11-24-20(29)14-5-7-15(8-6-14)25-21(30)26-16-9-10-18(22)17(13-16)19(23)28/h5-10,13H,3-4,11-12H2,1-2H3,(H2,23,28)(H,24,29)(H2,25,26,30). The minimum absolute atomic E-state index is 0.156. The lowest BCUT2D eigenvalue weighted by molar-refractivity contribution is 0.0947. The van der Waals surface area contributed by atoms with Crippen molar-refractivity contribution in [2.75, 3.05) is 36.8 Å². The topological polar surface area (TPSA) is 117 Å². The fraction of sp³-hybridized carbons (Fsp3) is 0.286. The molecule has 9 heteroatoms. The molecule has 30 heavy (non-hydrogen) atoms. The van der Waals surface area contributed by atoms with Crippen molar-refractivity contribution in [1.82, 2.24) is 10.2 Å². The second-order valence-electron chi connectivity index (χ2n) is 6.50. The first-order chi connectivity index (χ1) is 14.3. The Hall–Kier alpha value is -2.66. The number of urea groups is 1. The average Bonchev–Trinajstić information content (AvgIpc) is 2.72. The molecule has 2 aromatic rings. The number of amides is 4. The summed E-state index contributed by atoms with van der Waals surface area (Å²) in [5.41, 5.74) is 7.17. The predicted octanol–water partition coefficient (Wildman–Crippen LogP) is 3.11. The molecular formula is C21H26IN5O3. The van der Waals surface area contributed by atoms with Crippen LogP contribution in [0, 0.1) is 3.57 Å². The van der Waals surface area contributed by atoms with E-state index in [4.69, 9.17) is 5.73 Å². The van der Waals surface area contributed by atoms with Crippen molar-refractivity contribution < 1.29 is 14.4 Å². The summed E-state index contributed by atoms with van der Waals surface area (Å²) in [6.45, 7) is 7.44. The number of nitrogens with zero attached hydrogens (tertiary/aromatic N) is 1. The normalized spacial score (nSPS) is 10.5. The molecule has 0 aliphatic rings. The van der Waals surface area contributed by atoms with Crippen molar-refractivity contribution in [1.29, 1.82) is 0 Å². The van der Waals surface area contributed by atoms with Gasteiger partial charge in [0, 0.05) is 33.6 Å². The maximum Gasteiger partial charge on any atom is 0.323 e. The Kier molecular flexibility index (Phi) is 9.06. The van der Waals surface area contributed by atoms with Crippen LogP contribution in [0.2, 0.25) is 0 Å². The average molecular weight is 523 g/mol. The number of benzene rings is 2. The molecule has 5 N–H and O–H groups in total. The summed E-state index contributed by atoms with van der Waals surface area (Å²) in [4.78, 5) is 38.1. The van der Waals surface area contributed by atoms with Crippen molar-refractivity contribution in [3.63, 3.8) is 0 Å². The van der Waals surface area contributed by atoms with Crippen molar-refractivity contribution in [2.24, 2.45) is 5.73 Å².